The van der Waals surface area contributed by atoms with E-state index in [4.69, 9.17) is 5.11 Å². The summed E-state index contributed by atoms with van der Waals surface area (Å²) >= 11 is 1.59. The predicted molar refractivity (Wildman–Crippen MR) is 69.5 cm³/mol. The zero-order valence-corrected chi connectivity index (χ0v) is 10.3. The minimum Gasteiger partial charge on any atom is -0.392 e. The fourth-order valence-corrected chi connectivity index (χ4v) is 2.42. The number of aromatic nitrogens is 3. The first-order valence-corrected chi connectivity index (χ1v) is 6.35. The van der Waals surface area contributed by atoms with Crippen molar-refractivity contribution in [1.29, 1.82) is 0 Å². The molecule has 2 heterocycles. The Bertz CT molecular complexity index is 663. The molecule has 2 aromatic heterocycles. The third kappa shape index (κ3) is 2.23. The van der Waals surface area contributed by atoms with E-state index in [1.807, 2.05) is 42.6 Å². The van der Waals surface area contributed by atoms with Gasteiger partial charge in [-0.25, -0.2) is 9.50 Å². The van der Waals surface area contributed by atoms with Gasteiger partial charge in [0.15, 0.2) is 5.65 Å². The van der Waals surface area contributed by atoms with Gasteiger partial charge in [0, 0.05) is 17.2 Å². The molecule has 3 rings (SSSR count). The van der Waals surface area contributed by atoms with Crippen LogP contribution in [-0.4, -0.2) is 19.7 Å². The molecule has 0 amide bonds. The Morgan fingerprint density at radius 3 is 2.72 bits per heavy atom. The van der Waals surface area contributed by atoms with Crippen molar-refractivity contribution in [3.63, 3.8) is 0 Å². The molecule has 0 fully saturated rings. The van der Waals surface area contributed by atoms with Crippen molar-refractivity contribution in [2.75, 3.05) is 0 Å². The molecule has 4 nitrogen and oxygen atoms in total. The van der Waals surface area contributed by atoms with Gasteiger partial charge in [0.05, 0.1) is 12.8 Å². The maximum absolute atomic E-state index is 8.98. The second-order valence-electron chi connectivity index (χ2n) is 3.80. The van der Waals surface area contributed by atoms with E-state index in [9.17, 15) is 0 Å². The molecule has 0 aliphatic heterocycles. The normalized spacial score (nSPS) is 10.9. The lowest BCUT2D eigenvalue weighted by Gasteiger charge is -2.02. The largest absolute Gasteiger partial charge is 0.392 e. The lowest BCUT2D eigenvalue weighted by Crippen LogP contribution is -1.90. The smallest absolute Gasteiger partial charge is 0.156 e. The maximum atomic E-state index is 8.98. The first-order chi connectivity index (χ1) is 8.85. The van der Waals surface area contributed by atoms with Gasteiger partial charge in [0.25, 0.3) is 0 Å². The minimum atomic E-state index is 0.0744. The Labute approximate surface area is 108 Å². The highest BCUT2D eigenvalue weighted by Gasteiger charge is 2.01. The van der Waals surface area contributed by atoms with E-state index in [-0.39, 0.29) is 6.61 Å². The van der Waals surface area contributed by atoms with Crippen LogP contribution in [-0.2, 0) is 6.61 Å². The van der Waals surface area contributed by atoms with Crippen molar-refractivity contribution in [3.05, 3.63) is 54.4 Å². The second kappa shape index (κ2) is 4.80. The van der Waals surface area contributed by atoms with Gasteiger partial charge < -0.3 is 5.11 Å². The average molecular weight is 257 g/mol. The zero-order chi connectivity index (χ0) is 12.4. The fraction of sp³-hybridized carbons (Fsp3) is 0.0769. The lowest BCUT2D eigenvalue weighted by atomic mass is 10.2. The molecule has 1 aromatic carbocycles. The molecule has 0 aliphatic rings. The number of rotatable bonds is 3. The molecule has 0 saturated carbocycles. The van der Waals surface area contributed by atoms with Crippen LogP contribution in [0.5, 0.6) is 0 Å². The molecule has 0 atom stereocenters. The van der Waals surface area contributed by atoms with E-state index >= 15 is 0 Å². The summed E-state index contributed by atoms with van der Waals surface area (Å²) < 4.78 is 1.74. The van der Waals surface area contributed by atoms with Crippen LogP contribution in [0.4, 0.5) is 0 Å². The van der Waals surface area contributed by atoms with E-state index in [2.05, 4.69) is 10.1 Å². The Morgan fingerprint density at radius 1 is 1.11 bits per heavy atom. The molecule has 18 heavy (non-hydrogen) atoms. The van der Waals surface area contributed by atoms with E-state index < -0.39 is 0 Å². The summed E-state index contributed by atoms with van der Waals surface area (Å²) in [5, 5.41) is 14.0. The first-order valence-electron chi connectivity index (χ1n) is 5.53. The highest BCUT2D eigenvalue weighted by Crippen LogP contribution is 2.26. The van der Waals surface area contributed by atoms with E-state index in [1.165, 1.54) is 0 Å². The summed E-state index contributed by atoms with van der Waals surface area (Å²) in [6.45, 7) is 0.0744. The molecule has 0 aliphatic carbocycles. The van der Waals surface area contributed by atoms with Crippen LogP contribution in [0.2, 0.25) is 0 Å². The van der Waals surface area contributed by atoms with Gasteiger partial charge in [-0.3, -0.25) is 0 Å². The number of hydrogen-bond donors (Lipinski definition) is 1. The maximum Gasteiger partial charge on any atom is 0.156 e. The molecule has 0 spiro atoms. The van der Waals surface area contributed by atoms with Crippen molar-refractivity contribution < 1.29 is 5.11 Å². The van der Waals surface area contributed by atoms with Gasteiger partial charge in [-0.2, -0.15) is 5.10 Å². The monoisotopic (exact) mass is 257 g/mol. The average Bonchev–Trinajstić information content (AvgIpc) is 2.87. The lowest BCUT2D eigenvalue weighted by molar-refractivity contribution is 0.282. The van der Waals surface area contributed by atoms with E-state index in [0.29, 0.717) is 0 Å². The molecule has 0 radical (unpaired) electrons. The molecular weight excluding hydrogens is 246 g/mol. The summed E-state index contributed by atoms with van der Waals surface area (Å²) in [5.74, 6) is 0. The molecule has 0 saturated heterocycles. The Kier molecular flexibility index (Phi) is 3.00. The van der Waals surface area contributed by atoms with Crippen LogP contribution in [0.1, 0.15) is 5.56 Å². The highest BCUT2D eigenvalue weighted by atomic mass is 32.2. The number of nitrogens with zero attached hydrogens (tertiary/aromatic N) is 3. The summed E-state index contributed by atoms with van der Waals surface area (Å²) in [6, 6.07) is 11.6. The number of benzene rings is 1. The van der Waals surface area contributed by atoms with E-state index in [1.54, 1.807) is 22.5 Å². The van der Waals surface area contributed by atoms with Gasteiger partial charge in [0.2, 0.25) is 0 Å². The van der Waals surface area contributed by atoms with E-state index in [0.717, 1.165) is 21.1 Å². The number of aliphatic hydroxyl groups excluding tert-OH is 1. The third-order valence-electron chi connectivity index (χ3n) is 2.56. The SMILES string of the molecule is OCc1ccc(Sc2ccn3nccc3n2)cc1. The van der Waals surface area contributed by atoms with Crippen LogP contribution < -0.4 is 0 Å². The van der Waals surface area contributed by atoms with Crippen LogP contribution in [0.3, 0.4) is 0 Å². The Balaban J connectivity index is 1.85. The van der Waals surface area contributed by atoms with Gasteiger partial charge >= 0.3 is 0 Å². The topological polar surface area (TPSA) is 50.4 Å². The quantitative estimate of drug-likeness (QED) is 0.732. The fourth-order valence-electron chi connectivity index (χ4n) is 1.64. The number of aliphatic hydroxyl groups is 1. The van der Waals surface area contributed by atoms with Gasteiger partial charge in [-0.15, -0.1) is 0 Å². The highest BCUT2D eigenvalue weighted by molar-refractivity contribution is 7.99. The van der Waals surface area contributed by atoms with Gasteiger partial charge in [-0.05, 0) is 23.8 Å². The Hall–Kier alpha value is -1.85. The molecule has 0 bridgehead atoms. The molecule has 0 unspecified atom stereocenters. The number of hydrogen-bond acceptors (Lipinski definition) is 4. The summed E-state index contributed by atoms with van der Waals surface area (Å²) in [6.07, 6.45) is 3.62. The van der Waals surface area contributed by atoms with Crippen molar-refractivity contribution in [2.24, 2.45) is 0 Å². The molecular formula is C13H11N3OS. The van der Waals surface area contributed by atoms with Gasteiger partial charge in [0.1, 0.15) is 5.03 Å². The molecule has 5 heteroatoms. The van der Waals surface area contributed by atoms with Crippen LogP contribution in [0.15, 0.2) is 58.7 Å². The summed E-state index contributed by atoms with van der Waals surface area (Å²) in [4.78, 5) is 5.59. The van der Waals surface area contributed by atoms with Crippen LogP contribution in [0, 0.1) is 0 Å². The third-order valence-corrected chi connectivity index (χ3v) is 3.51. The summed E-state index contributed by atoms with van der Waals surface area (Å²) in [7, 11) is 0. The zero-order valence-electron chi connectivity index (χ0n) is 9.52. The van der Waals surface area contributed by atoms with Crippen molar-refractivity contribution >= 4 is 17.4 Å². The first kappa shape index (κ1) is 11.3. The van der Waals surface area contributed by atoms with Crippen LogP contribution in [0.25, 0.3) is 5.65 Å². The molecule has 3 aromatic rings. The van der Waals surface area contributed by atoms with Crippen molar-refractivity contribution in [3.8, 4) is 0 Å². The van der Waals surface area contributed by atoms with Crippen molar-refractivity contribution in [2.45, 2.75) is 16.5 Å². The predicted octanol–water partition coefficient (Wildman–Crippen LogP) is 2.37. The molecule has 1 N–H and O–H groups in total. The second-order valence-corrected chi connectivity index (χ2v) is 4.90. The van der Waals surface area contributed by atoms with Crippen molar-refractivity contribution in [1.82, 2.24) is 14.6 Å². The Morgan fingerprint density at radius 2 is 1.94 bits per heavy atom. The standard InChI is InChI=1S/C13H11N3OS/c17-9-10-1-3-11(4-2-10)18-13-6-8-16-12(15-13)5-7-14-16/h1-8,17H,9H2. The molecule has 90 valence electrons. The van der Waals surface area contributed by atoms with Crippen LogP contribution >= 0.6 is 11.8 Å². The summed E-state index contributed by atoms with van der Waals surface area (Å²) in [5.41, 5.74) is 1.76. The minimum absolute atomic E-state index is 0.0744. The number of fused-ring (bicyclic) bond motifs is 1. The van der Waals surface area contributed by atoms with Gasteiger partial charge in [-0.1, -0.05) is 23.9 Å².